The van der Waals surface area contributed by atoms with E-state index in [1.807, 2.05) is 0 Å². The van der Waals surface area contributed by atoms with Gasteiger partial charge in [0.05, 0.1) is 11.7 Å². The lowest BCUT2D eigenvalue weighted by atomic mass is 10.1. The van der Waals surface area contributed by atoms with E-state index in [1.165, 1.54) is 20.8 Å². The fourth-order valence-electron chi connectivity index (χ4n) is 3.09. The Labute approximate surface area is 198 Å². The van der Waals surface area contributed by atoms with Crippen molar-refractivity contribution in [1.29, 1.82) is 0 Å². The first-order chi connectivity index (χ1) is 16.4. The van der Waals surface area contributed by atoms with Crippen molar-refractivity contribution in [3.8, 4) is 5.75 Å². The molecule has 0 atom stereocenters. The van der Waals surface area contributed by atoms with Gasteiger partial charge in [-0.15, -0.1) is 0 Å². The van der Waals surface area contributed by atoms with Crippen molar-refractivity contribution in [3.63, 3.8) is 0 Å². The lowest BCUT2D eigenvalue weighted by Gasteiger charge is -2.20. The van der Waals surface area contributed by atoms with Crippen LogP contribution in [0.15, 0.2) is 18.2 Å². The largest absolute Gasteiger partial charge is 0.443 e. The molecule has 0 radical (unpaired) electrons. The van der Waals surface area contributed by atoms with Gasteiger partial charge in [0.1, 0.15) is 17.1 Å². The van der Waals surface area contributed by atoms with Crippen molar-refractivity contribution in [2.45, 2.75) is 32.5 Å². The summed E-state index contributed by atoms with van der Waals surface area (Å²) in [7, 11) is -4.75. The maximum absolute atomic E-state index is 14.6. The molecule has 0 saturated heterocycles. The van der Waals surface area contributed by atoms with E-state index in [2.05, 4.69) is 4.74 Å². The van der Waals surface area contributed by atoms with E-state index in [9.17, 15) is 40.5 Å². The molecule has 0 bridgehead atoms. The number of carbonyl (C=O) groups is 2. The van der Waals surface area contributed by atoms with Gasteiger partial charge < -0.3 is 19.3 Å². The first-order valence-electron chi connectivity index (χ1n) is 9.76. The topological polar surface area (TPSA) is 115 Å². The van der Waals surface area contributed by atoms with Crippen molar-refractivity contribution in [3.05, 3.63) is 64.4 Å². The van der Waals surface area contributed by atoms with E-state index < -0.39 is 83.3 Å². The Bertz CT molecular complexity index is 1430. The van der Waals surface area contributed by atoms with Crippen LogP contribution in [0.1, 0.15) is 36.8 Å². The minimum Gasteiger partial charge on any atom is -0.443 e. The van der Waals surface area contributed by atoms with Gasteiger partial charge in [-0.2, -0.15) is 8.78 Å². The van der Waals surface area contributed by atoms with Crippen LogP contribution < -0.4 is 4.74 Å². The average Bonchev–Trinajstić information content (AvgIpc) is 3.10. The Morgan fingerprint density at radius 1 is 0.917 bits per heavy atom. The quantitative estimate of drug-likeness (QED) is 0.118. The van der Waals surface area contributed by atoms with Crippen molar-refractivity contribution in [2.75, 3.05) is 0 Å². The summed E-state index contributed by atoms with van der Waals surface area (Å²) in [5, 5.41) is -0.171. The summed E-state index contributed by atoms with van der Waals surface area (Å²) in [6.45, 7) is 4.30. The van der Waals surface area contributed by atoms with E-state index in [1.54, 1.807) is 0 Å². The number of nitrogens with zero attached hydrogens (tertiary/aromatic N) is 1. The SMILES string of the molecule is CC(C)(C)OC(=O)n1c(C(=O)Oc2c(F)c(F)c(F)c(F)c2F)cc2cc(CP(=O)(O)O)c(F)cc21. The summed E-state index contributed by atoms with van der Waals surface area (Å²) in [4.78, 5) is 43.8. The van der Waals surface area contributed by atoms with E-state index in [0.717, 1.165) is 12.1 Å². The van der Waals surface area contributed by atoms with Crippen LogP contribution >= 0.6 is 7.60 Å². The number of halogens is 6. The van der Waals surface area contributed by atoms with Gasteiger partial charge in [-0.05, 0) is 39.0 Å². The van der Waals surface area contributed by atoms with Gasteiger partial charge in [-0.1, -0.05) is 0 Å². The lowest BCUT2D eigenvalue weighted by molar-refractivity contribution is 0.0517. The zero-order chi connectivity index (χ0) is 27.3. The predicted molar refractivity (Wildman–Crippen MR) is 110 cm³/mol. The second kappa shape index (κ2) is 9.26. The zero-order valence-electron chi connectivity index (χ0n) is 18.5. The maximum Gasteiger partial charge on any atom is 0.419 e. The van der Waals surface area contributed by atoms with E-state index in [-0.39, 0.29) is 10.9 Å². The zero-order valence-corrected chi connectivity index (χ0v) is 19.4. The monoisotopic (exact) mass is 539 g/mol. The molecule has 3 aromatic rings. The highest BCUT2D eigenvalue weighted by Crippen LogP contribution is 2.41. The smallest absolute Gasteiger partial charge is 0.419 e. The van der Waals surface area contributed by atoms with Crippen LogP contribution in [0.5, 0.6) is 5.75 Å². The molecule has 0 amide bonds. The predicted octanol–water partition coefficient (Wildman–Crippen LogP) is 5.16. The Balaban J connectivity index is 2.21. The molecule has 194 valence electrons. The molecular formula is C21H16F6NO7P. The number of fused-ring (bicyclic) bond motifs is 1. The minimum absolute atomic E-state index is 0.171. The number of aromatic nitrogens is 1. The molecule has 1 heterocycles. The first-order valence-corrected chi connectivity index (χ1v) is 11.6. The van der Waals surface area contributed by atoms with Gasteiger partial charge >= 0.3 is 19.7 Å². The second-order valence-electron chi connectivity index (χ2n) is 8.46. The molecule has 0 aliphatic rings. The van der Waals surface area contributed by atoms with E-state index in [0.29, 0.717) is 10.6 Å². The van der Waals surface area contributed by atoms with Gasteiger partial charge in [0.15, 0.2) is 0 Å². The Hall–Kier alpha value is -3.35. The van der Waals surface area contributed by atoms with Crippen LogP contribution in [0.3, 0.4) is 0 Å². The van der Waals surface area contributed by atoms with Crippen LogP contribution in [-0.2, 0) is 15.5 Å². The van der Waals surface area contributed by atoms with Crippen LogP contribution in [0.4, 0.5) is 31.1 Å². The van der Waals surface area contributed by atoms with Gasteiger partial charge in [-0.25, -0.2) is 31.7 Å². The average molecular weight is 539 g/mol. The van der Waals surface area contributed by atoms with Gasteiger partial charge in [0.25, 0.3) is 0 Å². The molecule has 8 nitrogen and oxygen atoms in total. The van der Waals surface area contributed by atoms with Crippen LogP contribution in [-0.4, -0.2) is 32.0 Å². The fourth-order valence-corrected chi connectivity index (χ4v) is 3.78. The third-order valence-electron chi connectivity index (χ3n) is 4.50. The second-order valence-corrected chi connectivity index (χ2v) is 10.1. The highest BCUT2D eigenvalue weighted by molar-refractivity contribution is 7.50. The number of ether oxygens (including phenoxy) is 2. The van der Waals surface area contributed by atoms with Gasteiger partial charge in [-0.3, -0.25) is 4.57 Å². The highest BCUT2D eigenvalue weighted by atomic mass is 31.2. The summed E-state index contributed by atoms with van der Waals surface area (Å²) >= 11 is 0. The van der Waals surface area contributed by atoms with Crippen LogP contribution in [0.2, 0.25) is 0 Å². The third kappa shape index (κ3) is 5.40. The lowest BCUT2D eigenvalue weighted by Crippen LogP contribution is -2.29. The summed E-state index contributed by atoms with van der Waals surface area (Å²) in [5.41, 5.74) is -2.94. The molecule has 0 aliphatic carbocycles. The molecule has 1 aromatic heterocycles. The minimum atomic E-state index is -4.75. The Morgan fingerprint density at radius 2 is 1.44 bits per heavy atom. The molecule has 2 aromatic carbocycles. The third-order valence-corrected chi connectivity index (χ3v) is 5.25. The highest BCUT2D eigenvalue weighted by Gasteiger charge is 2.32. The number of benzene rings is 2. The molecule has 0 fully saturated rings. The number of rotatable bonds is 4. The molecule has 15 heteroatoms. The molecule has 0 unspecified atom stereocenters. The Morgan fingerprint density at radius 3 is 1.94 bits per heavy atom. The number of hydrogen-bond donors (Lipinski definition) is 2. The summed E-state index contributed by atoms with van der Waals surface area (Å²) in [5.74, 6) is -17.1. The molecule has 0 saturated carbocycles. The van der Waals surface area contributed by atoms with Crippen LogP contribution in [0.25, 0.3) is 10.9 Å². The van der Waals surface area contributed by atoms with E-state index in [4.69, 9.17) is 14.5 Å². The van der Waals surface area contributed by atoms with E-state index >= 15 is 0 Å². The number of esters is 1. The van der Waals surface area contributed by atoms with Crippen molar-refractivity contribution < 1.29 is 59.8 Å². The summed E-state index contributed by atoms with van der Waals surface area (Å²) < 4.78 is 104. The van der Waals surface area contributed by atoms with Crippen LogP contribution in [0, 0.1) is 34.9 Å². The Kier molecular flexibility index (Phi) is 7.01. The molecule has 36 heavy (non-hydrogen) atoms. The first kappa shape index (κ1) is 27.2. The molecule has 0 spiro atoms. The summed E-state index contributed by atoms with van der Waals surface area (Å²) in [6.07, 6.45) is -2.36. The number of hydrogen-bond acceptors (Lipinski definition) is 5. The fraction of sp³-hybridized carbons (Fsp3) is 0.238. The number of carbonyl (C=O) groups excluding carboxylic acids is 2. The summed E-state index contributed by atoms with van der Waals surface area (Å²) in [6, 6.07) is 2.34. The van der Waals surface area contributed by atoms with Crippen molar-refractivity contribution in [2.24, 2.45) is 0 Å². The van der Waals surface area contributed by atoms with Crippen molar-refractivity contribution in [1.82, 2.24) is 4.57 Å². The normalized spacial score (nSPS) is 12.2. The van der Waals surface area contributed by atoms with Gasteiger partial charge in [0.2, 0.25) is 34.8 Å². The molecule has 2 N–H and O–H groups in total. The molecule has 3 rings (SSSR count). The maximum atomic E-state index is 14.6. The molecular weight excluding hydrogens is 523 g/mol. The van der Waals surface area contributed by atoms with Gasteiger partial charge in [0, 0.05) is 10.9 Å². The molecule has 0 aliphatic heterocycles. The standard InChI is InChI=1S/C21H16F6NO7P/c1-21(2,3)35-20(30)28-11-6-10(22)9(7-36(31,32)33)4-8(11)5-12(28)19(29)34-18-16(26)14(24)13(23)15(25)17(18)27/h4-6H,7H2,1-3H3,(H2,31,32,33). The van der Waals surface area contributed by atoms with Crippen molar-refractivity contribution >= 4 is 30.6 Å².